The minimum absolute atomic E-state index is 0.450. The van der Waals surface area contributed by atoms with Gasteiger partial charge in [-0.1, -0.05) is 42.0 Å². The third kappa shape index (κ3) is 3.11. The molecular formula is C19H20N2O3. The van der Waals surface area contributed by atoms with Crippen LogP contribution >= 0.6 is 0 Å². The van der Waals surface area contributed by atoms with Crippen molar-refractivity contribution in [2.24, 2.45) is 0 Å². The number of piperazine rings is 1. The number of benzene rings is 2. The highest BCUT2D eigenvalue weighted by atomic mass is 16.5. The lowest BCUT2D eigenvalue weighted by Gasteiger charge is -2.34. The molecule has 2 aromatic rings. The van der Waals surface area contributed by atoms with Crippen LogP contribution in [0.5, 0.6) is 5.75 Å². The van der Waals surface area contributed by atoms with Gasteiger partial charge in [-0.2, -0.15) is 0 Å². The maximum absolute atomic E-state index is 12.5. The van der Waals surface area contributed by atoms with Gasteiger partial charge in [-0.05, 0) is 24.6 Å². The summed E-state index contributed by atoms with van der Waals surface area (Å²) < 4.78 is 5.30. The molecule has 0 saturated carbocycles. The van der Waals surface area contributed by atoms with Gasteiger partial charge in [0.25, 0.3) is 0 Å². The fourth-order valence-corrected chi connectivity index (χ4v) is 2.94. The molecule has 0 unspecified atom stereocenters. The fraction of sp³-hybridized carbons (Fsp3) is 0.263. The molecule has 0 radical (unpaired) electrons. The number of carbonyl (C=O) groups is 2. The predicted octanol–water partition coefficient (Wildman–Crippen LogP) is 2.38. The number of amides is 2. The molecule has 5 heteroatoms. The third-order valence-corrected chi connectivity index (χ3v) is 4.14. The number of nitrogens with zero attached hydrogens (tertiary/aromatic N) is 2. The molecule has 1 saturated heterocycles. The second-order valence-corrected chi connectivity index (χ2v) is 5.84. The molecule has 3 rings (SSSR count). The summed E-state index contributed by atoms with van der Waals surface area (Å²) in [6, 6.07) is 15.2. The molecule has 1 fully saturated rings. The van der Waals surface area contributed by atoms with E-state index >= 15 is 0 Å². The van der Waals surface area contributed by atoms with Gasteiger partial charge in [0.15, 0.2) is 0 Å². The highest BCUT2D eigenvalue weighted by Crippen LogP contribution is 2.29. The molecule has 0 spiro atoms. The van der Waals surface area contributed by atoms with Gasteiger partial charge in [0, 0.05) is 19.6 Å². The zero-order valence-corrected chi connectivity index (χ0v) is 13.9. The van der Waals surface area contributed by atoms with E-state index in [0.717, 1.165) is 11.1 Å². The first kappa shape index (κ1) is 16.1. The monoisotopic (exact) mass is 324 g/mol. The number of carbonyl (C=O) groups excluding carboxylic acids is 2. The quantitative estimate of drug-likeness (QED) is 0.811. The van der Waals surface area contributed by atoms with E-state index in [2.05, 4.69) is 0 Å². The number of para-hydroxylation sites is 2. The van der Waals surface area contributed by atoms with Gasteiger partial charge in [0.05, 0.1) is 12.8 Å². The van der Waals surface area contributed by atoms with E-state index in [1.165, 1.54) is 4.90 Å². The lowest BCUT2D eigenvalue weighted by molar-refractivity contribution is -0.146. The average Bonchev–Trinajstić information content (AvgIpc) is 2.59. The molecule has 1 aliphatic heterocycles. The van der Waals surface area contributed by atoms with E-state index in [-0.39, 0.29) is 0 Å². The van der Waals surface area contributed by atoms with Crippen molar-refractivity contribution in [2.45, 2.75) is 13.5 Å². The molecule has 0 N–H and O–H groups in total. The molecule has 0 bridgehead atoms. The molecule has 0 atom stereocenters. The second-order valence-electron chi connectivity index (χ2n) is 5.84. The van der Waals surface area contributed by atoms with E-state index in [4.69, 9.17) is 4.74 Å². The Kier molecular flexibility index (Phi) is 4.51. The Bertz CT molecular complexity index is 773. The first-order valence-electron chi connectivity index (χ1n) is 7.89. The zero-order chi connectivity index (χ0) is 17.1. The van der Waals surface area contributed by atoms with E-state index in [0.29, 0.717) is 31.1 Å². The standard InChI is InChI=1S/C19H20N2O3/c1-14-6-5-7-15(12-14)13-20-10-11-21(19(23)18(20)22)16-8-3-4-9-17(16)24-2/h3-9,12H,10-11,13H2,1-2H3. The van der Waals surface area contributed by atoms with Crippen molar-refractivity contribution in [3.63, 3.8) is 0 Å². The van der Waals surface area contributed by atoms with E-state index in [9.17, 15) is 9.59 Å². The molecule has 2 amide bonds. The van der Waals surface area contributed by atoms with Gasteiger partial charge >= 0.3 is 11.8 Å². The van der Waals surface area contributed by atoms with E-state index in [1.807, 2.05) is 43.3 Å². The van der Waals surface area contributed by atoms with Crippen molar-refractivity contribution in [1.82, 2.24) is 4.90 Å². The zero-order valence-electron chi connectivity index (χ0n) is 13.9. The van der Waals surface area contributed by atoms with Gasteiger partial charge in [-0.3, -0.25) is 14.5 Å². The molecule has 0 aromatic heterocycles. The van der Waals surface area contributed by atoms with Crippen molar-refractivity contribution < 1.29 is 14.3 Å². The Labute approximate surface area is 141 Å². The lowest BCUT2D eigenvalue weighted by Crippen LogP contribution is -2.54. The summed E-state index contributed by atoms with van der Waals surface area (Å²) >= 11 is 0. The highest BCUT2D eigenvalue weighted by Gasteiger charge is 2.34. The number of hydrogen-bond acceptors (Lipinski definition) is 3. The van der Waals surface area contributed by atoms with Crippen LogP contribution in [0.25, 0.3) is 0 Å². The summed E-state index contributed by atoms with van der Waals surface area (Å²) in [5.41, 5.74) is 2.80. The highest BCUT2D eigenvalue weighted by molar-refractivity contribution is 6.41. The first-order chi connectivity index (χ1) is 11.6. The molecule has 24 heavy (non-hydrogen) atoms. The maximum atomic E-state index is 12.5. The van der Waals surface area contributed by atoms with E-state index < -0.39 is 11.8 Å². The Morgan fingerprint density at radius 1 is 1.00 bits per heavy atom. The number of methoxy groups -OCH3 is 1. The van der Waals surface area contributed by atoms with Crippen molar-refractivity contribution in [3.05, 3.63) is 59.7 Å². The minimum atomic E-state index is -0.515. The van der Waals surface area contributed by atoms with Gasteiger partial charge in [-0.15, -0.1) is 0 Å². The van der Waals surface area contributed by atoms with Crippen LogP contribution in [-0.4, -0.2) is 36.9 Å². The molecule has 2 aromatic carbocycles. The van der Waals surface area contributed by atoms with Crippen LogP contribution in [0.15, 0.2) is 48.5 Å². The van der Waals surface area contributed by atoms with Crippen molar-refractivity contribution in [3.8, 4) is 5.75 Å². The van der Waals surface area contributed by atoms with E-state index in [1.54, 1.807) is 24.1 Å². The largest absolute Gasteiger partial charge is 0.495 e. The van der Waals surface area contributed by atoms with Gasteiger partial charge < -0.3 is 9.64 Å². The normalized spacial score (nSPS) is 14.9. The van der Waals surface area contributed by atoms with Crippen molar-refractivity contribution in [2.75, 3.05) is 25.1 Å². The van der Waals surface area contributed by atoms with Crippen molar-refractivity contribution >= 4 is 17.5 Å². The van der Waals surface area contributed by atoms with Crippen LogP contribution in [0.1, 0.15) is 11.1 Å². The number of anilines is 1. The number of hydrogen-bond donors (Lipinski definition) is 0. The number of ether oxygens (including phenoxy) is 1. The molecule has 0 aliphatic carbocycles. The summed E-state index contributed by atoms with van der Waals surface area (Å²) in [6.45, 7) is 3.41. The lowest BCUT2D eigenvalue weighted by atomic mass is 10.1. The van der Waals surface area contributed by atoms with Gasteiger partial charge in [-0.25, -0.2) is 0 Å². The van der Waals surface area contributed by atoms with Crippen LogP contribution < -0.4 is 9.64 Å². The summed E-state index contributed by atoms with van der Waals surface area (Å²) in [4.78, 5) is 28.1. The number of rotatable bonds is 4. The smallest absolute Gasteiger partial charge is 0.316 e. The summed E-state index contributed by atoms with van der Waals surface area (Å²) in [5.74, 6) is -0.405. The van der Waals surface area contributed by atoms with Crippen LogP contribution in [0.2, 0.25) is 0 Å². The van der Waals surface area contributed by atoms with Crippen molar-refractivity contribution in [1.29, 1.82) is 0 Å². The summed E-state index contributed by atoms with van der Waals surface area (Å²) in [5, 5.41) is 0. The van der Waals surface area contributed by atoms with Crippen LogP contribution in [-0.2, 0) is 16.1 Å². The fourth-order valence-electron chi connectivity index (χ4n) is 2.94. The number of aryl methyl sites for hydroxylation is 1. The van der Waals surface area contributed by atoms with Crippen LogP contribution in [0, 0.1) is 6.92 Å². The molecule has 124 valence electrons. The Balaban J connectivity index is 1.77. The summed E-state index contributed by atoms with van der Waals surface area (Å²) in [7, 11) is 1.55. The Morgan fingerprint density at radius 2 is 1.79 bits per heavy atom. The third-order valence-electron chi connectivity index (χ3n) is 4.14. The van der Waals surface area contributed by atoms with Gasteiger partial charge in [0.1, 0.15) is 5.75 Å². The van der Waals surface area contributed by atoms with Crippen LogP contribution in [0.4, 0.5) is 5.69 Å². The first-order valence-corrected chi connectivity index (χ1v) is 7.89. The molecular weight excluding hydrogens is 304 g/mol. The predicted molar refractivity (Wildman–Crippen MR) is 91.9 cm³/mol. The van der Waals surface area contributed by atoms with Gasteiger partial charge in [0.2, 0.25) is 0 Å². The minimum Gasteiger partial charge on any atom is -0.495 e. The molecule has 1 heterocycles. The topological polar surface area (TPSA) is 49.9 Å². The molecule has 5 nitrogen and oxygen atoms in total. The SMILES string of the molecule is COc1ccccc1N1CCN(Cc2cccc(C)c2)C(=O)C1=O. The summed E-state index contributed by atoms with van der Waals surface area (Å²) in [6.07, 6.45) is 0. The average molecular weight is 324 g/mol. The van der Waals surface area contributed by atoms with Crippen LogP contribution in [0.3, 0.4) is 0 Å². The second kappa shape index (κ2) is 6.74. The maximum Gasteiger partial charge on any atom is 0.316 e. The Morgan fingerprint density at radius 3 is 2.54 bits per heavy atom. The molecule has 1 aliphatic rings. The Hall–Kier alpha value is -2.82.